The third-order valence-electron chi connectivity index (χ3n) is 7.84. The summed E-state index contributed by atoms with van der Waals surface area (Å²) < 4.78 is 84.1. The molecule has 0 aromatic carbocycles. The molecule has 0 aromatic heterocycles. The Morgan fingerprint density at radius 2 is 1.72 bits per heavy atom. The maximum Gasteiger partial charge on any atom is 0.405 e. The van der Waals surface area contributed by atoms with E-state index in [1.165, 1.54) is 0 Å². The van der Waals surface area contributed by atoms with Gasteiger partial charge in [0.05, 0.1) is 30.8 Å². The minimum absolute atomic E-state index is 0.0312. The number of halogens is 2. The van der Waals surface area contributed by atoms with Crippen molar-refractivity contribution in [3.63, 3.8) is 0 Å². The topological polar surface area (TPSA) is 169 Å². The number of fused-ring (bicyclic) bond motifs is 1. The van der Waals surface area contributed by atoms with Gasteiger partial charge in [0.15, 0.2) is 6.10 Å². The normalized spacial score (nSPS) is 31.2. The van der Waals surface area contributed by atoms with Crippen molar-refractivity contribution < 1.29 is 64.6 Å². The molecule has 1 aliphatic heterocycles. The Labute approximate surface area is 223 Å². The molecule has 220 valence electrons. The lowest BCUT2D eigenvalue weighted by atomic mass is 9.78. The van der Waals surface area contributed by atoms with Crippen molar-refractivity contribution in [1.29, 1.82) is 0 Å². The van der Waals surface area contributed by atoms with Crippen LogP contribution in [0.1, 0.15) is 65.7 Å². The molecule has 1 heterocycles. The first-order valence-corrected chi connectivity index (χ1v) is 14.3. The Kier molecular flexibility index (Phi) is 8.00. The van der Waals surface area contributed by atoms with Crippen LogP contribution in [0.3, 0.4) is 0 Å². The average Bonchev–Trinajstić information content (AvgIpc) is 3.56. The summed E-state index contributed by atoms with van der Waals surface area (Å²) in [6, 6.07) is 0. The minimum Gasteiger partial charge on any atom is -0.458 e. The van der Waals surface area contributed by atoms with Gasteiger partial charge in [-0.2, -0.15) is 17.2 Å². The van der Waals surface area contributed by atoms with E-state index in [4.69, 9.17) is 23.5 Å². The van der Waals surface area contributed by atoms with Gasteiger partial charge in [-0.15, -0.1) is 0 Å². The molecule has 15 heteroatoms. The van der Waals surface area contributed by atoms with Crippen LogP contribution in [0.5, 0.6) is 0 Å². The first kappa shape index (κ1) is 29.6. The molecule has 4 aliphatic rings. The number of hydrogen-bond donors (Lipinski definition) is 1. The summed E-state index contributed by atoms with van der Waals surface area (Å²) in [4.78, 5) is 50.2. The molecule has 3 aliphatic carbocycles. The summed E-state index contributed by atoms with van der Waals surface area (Å²) in [7, 11) is -5.83. The van der Waals surface area contributed by atoms with Gasteiger partial charge in [-0.3, -0.25) is 23.7 Å². The number of alkyl halides is 2. The Hall–Kier alpha value is -2.39. The van der Waals surface area contributed by atoms with Gasteiger partial charge in [-0.25, -0.2) is 0 Å². The fourth-order valence-corrected chi connectivity index (χ4v) is 6.63. The first-order chi connectivity index (χ1) is 18.0. The monoisotopic (exact) mass is 582 g/mol. The second-order valence-corrected chi connectivity index (χ2v) is 12.5. The summed E-state index contributed by atoms with van der Waals surface area (Å²) in [6.45, 7) is 3.81. The van der Waals surface area contributed by atoms with Gasteiger partial charge < -0.3 is 23.7 Å². The Balaban J connectivity index is 1.34. The number of carbonyl (C=O) groups excluding carboxylic acids is 4. The summed E-state index contributed by atoms with van der Waals surface area (Å²) >= 11 is 0. The van der Waals surface area contributed by atoms with E-state index < -0.39 is 93.9 Å². The van der Waals surface area contributed by atoms with E-state index in [0.717, 1.165) is 25.7 Å². The molecule has 0 amide bonds. The molecule has 7 unspecified atom stereocenters. The zero-order chi connectivity index (χ0) is 28.9. The second kappa shape index (κ2) is 10.5. The SMILES string of the molecule is CC(OC(=O)CCC(=O)OC1C2CC3C1OC(=O)C3C2C(=O)OC(C)(C)OC1CCCC1)C(F)(F)S(=O)(=O)O. The van der Waals surface area contributed by atoms with Gasteiger partial charge >= 0.3 is 39.2 Å². The van der Waals surface area contributed by atoms with Crippen molar-refractivity contribution in [2.75, 3.05) is 0 Å². The lowest BCUT2D eigenvalue weighted by molar-refractivity contribution is -0.237. The quantitative estimate of drug-likeness (QED) is 0.163. The summed E-state index contributed by atoms with van der Waals surface area (Å²) in [5.74, 6) is -7.31. The van der Waals surface area contributed by atoms with Gasteiger partial charge in [-0.05, 0) is 26.2 Å². The van der Waals surface area contributed by atoms with Crippen molar-refractivity contribution in [1.82, 2.24) is 0 Å². The summed E-state index contributed by atoms with van der Waals surface area (Å²) in [6.07, 6.45) is -1.46. The molecule has 0 radical (unpaired) electrons. The highest BCUT2D eigenvalue weighted by Crippen LogP contribution is 2.59. The highest BCUT2D eigenvalue weighted by Gasteiger charge is 2.70. The Bertz CT molecular complexity index is 1120. The van der Waals surface area contributed by atoms with Gasteiger partial charge in [0.1, 0.15) is 12.2 Å². The van der Waals surface area contributed by atoms with Crippen molar-refractivity contribution in [2.45, 2.75) is 101 Å². The van der Waals surface area contributed by atoms with Crippen LogP contribution in [0.15, 0.2) is 0 Å². The lowest BCUT2D eigenvalue weighted by Crippen LogP contribution is -2.46. The third kappa shape index (κ3) is 5.89. The van der Waals surface area contributed by atoms with E-state index in [0.29, 0.717) is 13.3 Å². The zero-order valence-electron chi connectivity index (χ0n) is 21.7. The predicted octanol–water partition coefficient (Wildman–Crippen LogP) is 2.14. The maximum atomic E-state index is 13.6. The highest BCUT2D eigenvalue weighted by atomic mass is 32.2. The third-order valence-corrected chi connectivity index (χ3v) is 8.86. The molecular formula is C24H32F2O12S. The van der Waals surface area contributed by atoms with E-state index in [-0.39, 0.29) is 12.0 Å². The number of hydrogen-bond acceptors (Lipinski definition) is 11. The minimum atomic E-state index is -5.83. The van der Waals surface area contributed by atoms with Gasteiger partial charge in [0, 0.05) is 25.7 Å². The van der Waals surface area contributed by atoms with E-state index in [9.17, 15) is 36.4 Å². The number of ether oxygens (including phenoxy) is 5. The van der Waals surface area contributed by atoms with Crippen molar-refractivity contribution in [3.05, 3.63) is 0 Å². The van der Waals surface area contributed by atoms with Crippen LogP contribution in [-0.4, -0.2) is 72.3 Å². The predicted molar refractivity (Wildman–Crippen MR) is 123 cm³/mol. The molecule has 2 bridgehead atoms. The van der Waals surface area contributed by atoms with Crippen LogP contribution >= 0.6 is 0 Å². The first-order valence-electron chi connectivity index (χ1n) is 12.9. The van der Waals surface area contributed by atoms with Crippen LogP contribution in [0.25, 0.3) is 0 Å². The Morgan fingerprint density at radius 3 is 2.33 bits per heavy atom. The van der Waals surface area contributed by atoms with Crippen molar-refractivity contribution >= 4 is 34.0 Å². The fraction of sp³-hybridized carbons (Fsp3) is 0.833. The van der Waals surface area contributed by atoms with Crippen LogP contribution in [-0.2, 0) is 53.0 Å². The smallest absolute Gasteiger partial charge is 0.405 e. The van der Waals surface area contributed by atoms with Crippen LogP contribution in [0.4, 0.5) is 8.78 Å². The van der Waals surface area contributed by atoms with Crippen molar-refractivity contribution in [3.8, 4) is 0 Å². The van der Waals surface area contributed by atoms with Crippen LogP contribution in [0, 0.1) is 23.7 Å². The molecule has 12 nitrogen and oxygen atoms in total. The van der Waals surface area contributed by atoms with E-state index >= 15 is 0 Å². The molecule has 0 aromatic rings. The molecular weight excluding hydrogens is 550 g/mol. The maximum absolute atomic E-state index is 13.6. The molecule has 1 saturated heterocycles. The van der Waals surface area contributed by atoms with Gasteiger partial charge in [-0.1, -0.05) is 12.8 Å². The average molecular weight is 583 g/mol. The molecule has 4 fully saturated rings. The fourth-order valence-electron chi connectivity index (χ4n) is 6.16. The molecule has 0 spiro atoms. The van der Waals surface area contributed by atoms with E-state index in [1.807, 2.05) is 0 Å². The van der Waals surface area contributed by atoms with Crippen LogP contribution < -0.4 is 0 Å². The zero-order valence-corrected chi connectivity index (χ0v) is 22.5. The molecule has 3 saturated carbocycles. The number of carbonyl (C=O) groups is 4. The Morgan fingerprint density at radius 1 is 1.10 bits per heavy atom. The van der Waals surface area contributed by atoms with E-state index in [2.05, 4.69) is 4.74 Å². The lowest BCUT2D eigenvalue weighted by Gasteiger charge is -2.34. The number of rotatable bonds is 11. The molecule has 1 N–H and O–H groups in total. The molecule has 4 rings (SSSR count). The summed E-state index contributed by atoms with van der Waals surface area (Å²) in [5.41, 5.74) is 0. The molecule has 39 heavy (non-hydrogen) atoms. The standard InChI is InChI=1S/C24H32F2O12S/c1-11(24(25,26)39(31,32)33)34-15(27)8-9-16(28)35-19-14-10-13-17(21(29)36-20(13)19)18(14)22(30)38-23(2,3)37-12-6-4-5-7-12/h11-14,17-20H,4-10H2,1-3H3,(H,31,32,33). The van der Waals surface area contributed by atoms with Gasteiger partial charge in [0.25, 0.3) is 0 Å². The van der Waals surface area contributed by atoms with E-state index in [1.54, 1.807) is 13.8 Å². The number of esters is 4. The largest absolute Gasteiger partial charge is 0.458 e. The molecule has 7 atom stereocenters. The van der Waals surface area contributed by atoms with Crippen molar-refractivity contribution in [2.24, 2.45) is 23.7 Å². The summed E-state index contributed by atoms with van der Waals surface area (Å²) in [5, 5.41) is -4.74. The van der Waals surface area contributed by atoms with Crippen LogP contribution in [0.2, 0.25) is 0 Å². The van der Waals surface area contributed by atoms with Gasteiger partial charge in [0.2, 0.25) is 5.79 Å². The highest BCUT2D eigenvalue weighted by molar-refractivity contribution is 7.86. The second-order valence-electron chi connectivity index (χ2n) is 11.0.